The molecule has 0 aliphatic carbocycles. The van der Waals surface area contributed by atoms with Crippen LogP contribution < -0.4 is 11.1 Å². The molecule has 0 atom stereocenters. The highest BCUT2D eigenvalue weighted by molar-refractivity contribution is 6.00. The van der Waals surface area contributed by atoms with E-state index in [4.69, 9.17) is 5.73 Å². The van der Waals surface area contributed by atoms with Crippen molar-refractivity contribution in [2.45, 2.75) is 38.9 Å². The van der Waals surface area contributed by atoms with Crippen LogP contribution in [0, 0.1) is 6.92 Å². The lowest BCUT2D eigenvalue weighted by molar-refractivity contribution is -0.137. The minimum Gasteiger partial charge on any atom is -0.383 e. The molecular weight excluding hydrogens is 333 g/mol. The molecule has 2 rings (SSSR count). The molecule has 1 heterocycles. The molecule has 25 heavy (non-hydrogen) atoms. The fourth-order valence-electron chi connectivity index (χ4n) is 2.69. The summed E-state index contributed by atoms with van der Waals surface area (Å²) in [5.74, 6) is -0.0969. The molecule has 0 aliphatic rings. The third-order valence-electron chi connectivity index (χ3n) is 3.87. The van der Waals surface area contributed by atoms with Crippen LogP contribution in [-0.4, -0.2) is 21.2 Å². The Morgan fingerprint density at radius 2 is 1.80 bits per heavy atom. The van der Waals surface area contributed by atoms with E-state index in [0.717, 1.165) is 12.1 Å². The number of amides is 1. The number of alkyl halides is 3. The van der Waals surface area contributed by atoms with E-state index >= 15 is 0 Å². The van der Waals surface area contributed by atoms with Gasteiger partial charge in [0.25, 0.3) is 5.91 Å². The van der Waals surface area contributed by atoms with E-state index in [1.165, 1.54) is 16.8 Å². The lowest BCUT2D eigenvalue weighted by Gasteiger charge is -2.26. The largest absolute Gasteiger partial charge is 0.416 e. The molecule has 0 spiro atoms. The average Bonchev–Trinajstić information content (AvgIpc) is 2.70. The van der Waals surface area contributed by atoms with Crippen LogP contribution in [0.15, 0.2) is 24.3 Å². The number of aryl methyl sites for hydroxylation is 2. The lowest BCUT2D eigenvalue weighted by Crippen LogP contribution is -2.45. The Bertz CT molecular complexity index is 776. The van der Waals surface area contributed by atoms with Crippen LogP contribution in [0.3, 0.4) is 0 Å². The number of nitrogens with two attached hydrogens (primary N) is 1. The maximum atomic E-state index is 12.6. The number of hydrogen-bond donors (Lipinski definition) is 2. The Balaban J connectivity index is 2.12. The predicted octanol–water partition coefficient (Wildman–Crippen LogP) is 3.08. The number of nitrogens with zero attached hydrogens (tertiary/aromatic N) is 2. The second kappa shape index (κ2) is 6.42. The van der Waals surface area contributed by atoms with Crippen LogP contribution in [0.4, 0.5) is 19.0 Å². The van der Waals surface area contributed by atoms with Gasteiger partial charge in [0.05, 0.1) is 11.3 Å². The molecule has 0 saturated heterocycles. The van der Waals surface area contributed by atoms with Gasteiger partial charge >= 0.3 is 6.18 Å². The number of anilines is 1. The van der Waals surface area contributed by atoms with Crippen LogP contribution in [0.25, 0.3) is 0 Å². The molecule has 0 radical (unpaired) electrons. The van der Waals surface area contributed by atoms with E-state index in [1.807, 2.05) is 0 Å². The van der Waals surface area contributed by atoms with Gasteiger partial charge in [0.2, 0.25) is 0 Å². The third kappa shape index (κ3) is 4.32. The van der Waals surface area contributed by atoms with Crippen molar-refractivity contribution in [3.63, 3.8) is 0 Å². The number of carbonyl (C=O) groups excluding carboxylic acids is 1. The lowest BCUT2D eigenvalue weighted by atomic mass is 9.94. The van der Waals surface area contributed by atoms with Crippen LogP contribution in [0.5, 0.6) is 0 Å². The molecule has 3 N–H and O–H groups in total. The summed E-state index contributed by atoms with van der Waals surface area (Å²) in [7, 11) is 1.65. The van der Waals surface area contributed by atoms with E-state index < -0.39 is 17.3 Å². The number of rotatable bonds is 4. The Labute approximate surface area is 144 Å². The van der Waals surface area contributed by atoms with E-state index in [2.05, 4.69) is 10.4 Å². The summed E-state index contributed by atoms with van der Waals surface area (Å²) >= 11 is 0. The Kier molecular flexibility index (Phi) is 4.83. The zero-order chi connectivity index (χ0) is 19.0. The molecular formula is C17H21F3N4O. The van der Waals surface area contributed by atoms with Crippen molar-refractivity contribution in [1.29, 1.82) is 0 Å². The van der Waals surface area contributed by atoms with Gasteiger partial charge in [-0.3, -0.25) is 9.48 Å². The van der Waals surface area contributed by atoms with Crippen LogP contribution in [0.1, 0.15) is 41.0 Å². The summed E-state index contributed by atoms with van der Waals surface area (Å²) in [6.07, 6.45) is -3.99. The summed E-state index contributed by atoms with van der Waals surface area (Å²) in [6, 6.07) is 4.91. The van der Waals surface area contributed by atoms with E-state index in [0.29, 0.717) is 23.2 Å². The molecule has 0 bridgehead atoms. The van der Waals surface area contributed by atoms with Gasteiger partial charge in [-0.25, -0.2) is 0 Å². The second-order valence-corrected chi connectivity index (χ2v) is 6.68. The average molecular weight is 354 g/mol. The van der Waals surface area contributed by atoms with Crippen molar-refractivity contribution in [1.82, 2.24) is 15.1 Å². The first-order valence-corrected chi connectivity index (χ1v) is 7.68. The molecule has 5 nitrogen and oxygen atoms in total. The zero-order valence-corrected chi connectivity index (χ0v) is 14.5. The first-order chi connectivity index (χ1) is 11.4. The quantitative estimate of drug-likeness (QED) is 0.886. The molecule has 8 heteroatoms. The highest BCUT2D eigenvalue weighted by Crippen LogP contribution is 2.29. The topological polar surface area (TPSA) is 72.9 Å². The van der Waals surface area contributed by atoms with E-state index in [-0.39, 0.29) is 11.7 Å². The van der Waals surface area contributed by atoms with Gasteiger partial charge in [-0.15, -0.1) is 0 Å². The van der Waals surface area contributed by atoms with Gasteiger partial charge in [0.15, 0.2) is 0 Å². The van der Waals surface area contributed by atoms with E-state index in [9.17, 15) is 18.0 Å². The number of aromatic nitrogens is 2. The van der Waals surface area contributed by atoms with Gasteiger partial charge in [-0.1, -0.05) is 12.1 Å². The maximum Gasteiger partial charge on any atom is 0.416 e. The van der Waals surface area contributed by atoms with Gasteiger partial charge in [-0.05, 0) is 44.9 Å². The molecule has 2 aromatic rings. The van der Waals surface area contributed by atoms with Gasteiger partial charge in [-0.2, -0.15) is 18.3 Å². The summed E-state index contributed by atoms with van der Waals surface area (Å²) in [5, 5.41) is 6.97. The number of nitrogens with one attached hydrogen (secondary N) is 1. The SMILES string of the molecule is Cc1nn(C)c(N)c1C(=O)NC(C)(C)Cc1ccc(C(F)(F)F)cc1. The standard InChI is InChI=1S/C17H21F3N4O/c1-10-13(14(21)24(4)23-10)15(25)22-16(2,3)9-11-5-7-12(8-6-11)17(18,19)20/h5-8H,9,21H2,1-4H3,(H,22,25). The number of halogens is 3. The van der Waals surface area contributed by atoms with Gasteiger partial charge < -0.3 is 11.1 Å². The Hall–Kier alpha value is -2.51. The smallest absolute Gasteiger partial charge is 0.383 e. The first-order valence-electron chi connectivity index (χ1n) is 7.68. The van der Waals surface area contributed by atoms with Gasteiger partial charge in [0, 0.05) is 12.6 Å². The van der Waals surface area contributed by atoms with Crippen molar-refractivity contribution in [2.75, 3.05) is 5.73 Å². The highest BCUT2D eigenvalue weighted by Gasteiger charge is 2.30. The fourth-order valence-corrected chi connectivity index (χ4v) is 2.69. The minimum absolute atomic E-state index is 0.264. The number of nitrogen functional groups attached to an aromatic ring is 1. The molecule has 0 unspecified atom stereocenters. The summed E-state index contributed by atoms with van der Waals surface area (Å²) < 4.78 is 39.3. The molecule has 1 amide bonds. The van der Waals surface area contributed by atoms with Crippen molar-refractivity contribution < 1.29 is 18.0 Å². The number of carbonyl (C=O) groups is 1. The van der Waals surface area contributed by atoms with Crippen LogP contribution >= 0.6 is 0 Å². The fraction of sp³-hybridized carbons (Fsp3) is 0.412. The highest BCUT2D eigenvalue weighted by atomic mass is 19.4. The summed E-state index contributed by atoms with van der Waals surface area (Å²) in [4.78, 5) is 12.5. The maximum absolute atomic E-state index is 12.6. The third-order valence-corrected chi connectivity index (χ3v) is 3.87. The van der Waals surface area contributed by atoms with Crippen LogP contribution in [-0.2, 0) is 19.6 Å². The zero-order valence-electron chi connectivity index (χ0n) is 14.5. The Morgan fingerprint density at radius 1 is 1.24 bits per heavy atom. The molecule has 0 fully saturated rings. The number of benzene rings is 1. The van der Waals surface area contributed by atoms with Crippen molar-refractivity contribution in [3.05, 3.63) is 46.6 Å². The first kappa shape index (κ1) is 18.8. The predicted molar refractivity (Wildman–Crippen MR) is 89.1 cm³/mol. The molecule has 0 aliphatic heterocycles. The number of hydrogen-bond acceptors (Lipinski definition) is 3. The van der Waals surface area contributed by atoms with Crippen molar-refractivity contribution in [2.24, 2.45) is 7.05 Å². The summed E-state index contributed by atoms with van der Waals surface area (Å²) in [6.45, 7) is 5.28. The van der Waals surface area contributed by atoms with Crippen molar-refractivity contribution in [3.8, 4) is 0 Å². The minimum atomic E-state index is -4.36. The van der Waals surface area contributed by atoms with Gasteiger partial charge in [0.1, 0.15) is 11.4 Å². The Morgan fingerprint density at radius 3 is 2.24 bits per heavy atom. The van der Waals surface area contributed by atoms with E-state index in [1.54, 1.807) is 27.8 Å². The molecule has 1 aromatic carbocycles. The molecule has 1 aromatic heterocycles. The molecule has 0 saturated carbocycles. The monoisotopic (exact) mass is 354 g/mol. The summed E-state index contributed by atoms with van der Waals surface area (Å²) in [5.41, 5.74) is 6.01. The van der Waals surface area contributed by atoms with Crippen LogP contribution in [0.2, 0.25) is 0 Å². The second-order valence-electron chi connectivity index (χ2n) is 6.68. The van der Waals surface area contributed by atoms with Crippen molar-refractivity contribution >= 4 is 11.7 Å². The normalized spacial score (nSPS) is 12.3. The molecule has 136 valence electrons.